The van der Waals surface area contributed by atoms with Crippen LogP contribution in [0.4, 0.5) is 13.2 Å². The Kier molecular flexibility index (Phi) is 7.11. The summed E-state index contributed by atoms with van der Waals surface area (Å²) in [5.74, 6) is -0.667. The number of rotatable bonds is 7. The Labute approximate surface area is 234 Å². The quantitative estimate of drug-likeness (QED) is 0.222. The van der Waals surface area contributed by atoms with Crippen LogP contribution in [0, 0.1) is 5.92 Å². The number of benzene rings is 3. The zero-order chi connectivity index (χ0) is 28.6. The van der Waals surface area contributed by atoms with E-state index >= 15 is 0 Å². The zero-order valence-corrected chi connectivity index (χ0v) is 22.1. The molecule has 0 saturated heterocycles. The molecule has 6 nitrogen and oxygen atoms in total. The van der Waals surface area contributed by atoms with Gasteiger partial charge in [0, 0.05) is 23.9 Å². The van der Waals surface area contributed by atoms with Crippen LogP contribution in [-0.4, -0.2) is 25.6 Å². The Bertz CT molecular complexity index is 1730. The molecule has 2 aromatic heterocycles. The van der Waals surface area contributed by atoms with Crippen LogP contribution in [0.25, 0.3) is 21.9 Å². The van der Waals surface area contributed by atoms with Crippen molar-refractivity contribution in [1.82, 2.24) is 14.5 Å². The van der Waals surface area contributed by atoms with E-state index in [2.05, 4.69) is 4.98 Å². The maximum atomic E-state index is 13.4. The van der Waals surface area contributed by atoms with Gasteiger partial charge >= 0.3 is 12.1 Å². The van der Waals surface area contributed by atoms with Gasteiger partial charge in [-0.1, -0.05) is 49.2 Å². The van der Waals surface area contributed by atoms with Gasteiger partial charge in [-0.3, -0.25) is 4.79 Å². The van der Waals surface area contributed by atoms with Crippen molar-refractivity contribution in [3.05, 3.63) is 102 Å². The van der Waals surface area contributed by atoms with Crippen LogP contribution < -0.4 is 4.74 Å². The molecule has 1 saturated carbocycles. The van der Waals surface area contributed by atoms with Crippen molar-refractivity contribution in [1.29, 1.82) is 0 Å². The molecule has 1 unspecified atom stereocenters. The summed E-state index contributed by atoms with van der Waals surface area (Å²) in [6, 6.07) is 22.4. The standard InChI is InChI=1S/C32H28F3N3O3/c33-32(34,35)22-8-5-6-20(16-22)18-38-29-15-14-24(41-19-23-13-12-21-7-1-4-11-27(21)36-23)17-28(29)37-30(38)25-9-2-3-10-26(25)31(39)40/h1,4-8,11-17,25-26H,2-3,9-10,18-19H2,(H,39,40)/t25-,26?/m1/s1. The van der Waals surface area contributed by atoms with Gasteiger partial charge in [-0.25, -0.2) is 9.97 Å². The maximum absolute atomic E-state index is 13.4. The van der Waals surface area contributed by atoms with Gasteiger partial charge in [0.15, 0.2) is 0 Å². The average Bonchev–Trinajstić information content (AvgIpc) is 3.32. The van der Waals surface area contributed by atoms with Crippen molar-refractivity contribution in [3.63, 3.8) is 0 Å². The molecule has 0 spiro atoms. The Morgan fingerprint density at radius 3 is 2.59 bits per heavy atom. The fourth-order valence-electron chi connectivity index (χ4n) is 5.78. The third-order valence-electron chi connectivity index (χ3n) is 7.80. The van der Waals surface area contributed by atoms with Crippen LogP contribution in [0.3, 0.4) is 0 Å². The summed E-state index contributed by atoms with van der Waals surface area (Å²) in [5.41, 5.74) is 2.70. The molecule has 1 aliphatic rings. The van der Waals surface area contributed by atoms with E-state index in [9.17, 15) is 23.1 Å². The number of imidazole rings is 1. The summed E-state index contributed by atoms with van der Waals surface area (Å²) < 4.78 is 48.2. The van der Waals surface area contributed by atoms with Crippen molar-refractivity contribution in [2.75, 3.05) is 0 Å². The SMILES string of the molecule is O=C(O)C1CCCC[C@H]1c1nc2cc(OCc3ccc4ccccc4n3)ccc2n1Cc1cccc(C(F)(F)F)c1. The van der Waals surface area contributed by atoms with E-state index in [1.165, 1.54) is 6.07 Å². The van der Waals surface area contributed by atoms with Gasteiger partial charge in [-0.05, 0) is 54.8 Å². The average molecular weight is 560 g/mol. The van der Waals surface area contributed by atoms with Crippen LogP contribution in [0.5, 0.6) is 5.75 Å². The molecule has 41 heavy (non-hydrogen) atoms. The summed E-state index contributed by atoms with van der Waals surface area (Å²) in [6.07, 6.45) is -1.57. The fraction of sp³-hybridized carbons (Fsp3) is 0.281. The molecular formula is C32H28F3N3O3. The molecule has 210 valence electrons. The lowest BCUT2D eigenvalue weighted by Crippen LogP contribution is -2.27. The number of aromatic nitrogens is 3. The summed E-state index contributed by atoms with van der Waals surface area (Å²) >= 11 is 0. The molecule has 5 aromatic rings. The smallest absolute Gasteiger partial charge is 0.416 e. The van der Waals surface area contributed by atoms with Crippen molar-refractivity contribution in [2.24, 2.45) is 5.92 Å². The van der Waals surface area contributed by atoms with E-state index in [0.717, 1.165) is 41.6 Å². The number of alkyl halides is 3. The molecule has 0 aliphatic heterocycles. The molecule has 2 heterocycles. The number of aliphatic carboxylic acids is 1. The number of pyridine rings is 1. The van der Waals surface area contributed by atoms with Gasteiger partial charge in [0.05, 0.1) is 33.7 Å². The van der Waals surface area contributed by atoms with Crippen molar-refractivity contribution in [2.45, 2.75) is 50.9 Å². The topological polar surface area (TPSA) is 77.2 Å². The highest BCUT2D eigenvalue weighted by atomic mass is 19.4. The van der Waals surface area contributed by atoms with Crippen LogP contribution >= 0.6 is 0 Å². The minimum Gasteiger partial charge on any atom is -0.487 e. The van der Waals surface area contributed by atoms with E-state index in [1.807, 2.05) is 47.0 Å². The van der Waals surface area contributed by atoms with Crippen LogP contribution in [0.2, 0.25) is 0 Å². The van der Waals surface area contributed by atoms with E-state index in [4.69, 9.17) is 9.72 Å². The number of hydrogen-bond donors (Lipinski definition) is 1. The molecule has 3 aromatic carbocycles. The lowest BCUT2D eigenvalue weighted by molar-refractivity contribution is -0.143. The Morgan fingerprint density at radius 1 is 0.927 bits per heavy atom. The Morgan fingerprint density at radius 2 is 1.76 bits per heavy atom. The first kappa shape index (κ1) is 26.8. The first-order valence-electron chi connectivity index (χ1n) is 13.6. The second-order valence-electron chi connectivity index (χ2n) is 10.5. The Hall–Kier alpha value is -4.40. The van der Waals surface area contributed by atoms with Gasteiger partial charge in [-0.2, -0.15) is 13.2 Å². The molecule has 2 atom stereocenters. The van der Waals surface area contributed by atoms with Gasteiger partial charge in [0.2, 0.25) is 0 Å². The second-order valence-corrected chi connectivity index (χ2v) is 10.5. The number of carboxylic acids is 1. The predicted molar refractivity (Wildman–Crippen MR) is 149 cm³/mol. The first-order valence-corrected chi connectivity index (χ1v) is 13.6. The molecular weight excluding hydrogens is 531 g/mol. The number of carboxylic acid groups (broad SMARTS) is 1. The number of nitrogens with zero attached hydrogens (tertiary/aromatic N) is 3. The summed E-state index contributed by atoms with van der Waals surface area (Å²) in [5, 5.41) is 11.0. The minimum atomic E-state index is -4.46. The van der Waals surface area contributed by atoms with Gasteiger partial charge in [-0.15, -0.1) is 0 Å². The number of ether oxygens (including phenoxy) is 1. The predicted octanol–water partition coefficient (Wildman–Crippen LogP) is 7.59. The highest BCUT2D eigenvalue weighted by Gasteiger charge is 2.36. The first-order chi connectivity index (χ1) is 19.8. The Balaban J connectivity index is 1.35. The highest BCUT2D eigenvalue weighted by molar-refractivity contribution is 5.79. The fourth-order valence-corrected chi connectivity index (χ4v) is 5.78. The monoisotopic (exact) mass is 559 g/mol. The van der Waals surface area contributed by atoms with E-state index < -0.39 is 23.6 Å². The molecule has 6 rings (SSSR count). The molecule has 9 heteroatoms. The van der Waals surface area contributed by atoms with Crippen molar-refractivity contribution >= 4 is 27.9 Å². The van der Waals surface area contributed by atoms with E-state index in [1.54, 1.807) is 18.2 Å². The number of para-hydroxylation sites is 1. The molecule has 0 amide bonds. The van der Waals surface area contributed by atoms with E-state index in [-0.39, 0.29) is 19.1 Å². The number of fused-ring (bicyclic) bond motifs is 2. The molecule has 0 bridgehead atoms. The van der Waals surface area contributed by atoms with Crippen LogP contribution in [-0.2, 0) is 24.1 Å². The van der Waals surface area contributed by atoms with E-state index in [0.29, 0.717) is 41.0 Å². The van der Waals surface area contributed by atoms with Crippen LogP contribution in [0.15, 0.2) is 78.9 Å². The number of hydrogen-bond acceptors (Lipinski definition) is 4. The third kappa shape index (κ3) is 5.62. The minimum absolute atomic E-state index is 0.139. The molecule has 1 aliphatic carbocycles. The summed E-state index contributed by atoms with van der Waals surface area (Å²) in [4.78, 5) is 21.7. The van der Waals surface area contributed by atoms with Gasteiger partial charge in [0.25, 0.3) is 0 Å². The number of halogens is 3. The van der Waals surface area contributed by atoms with Crippen molar-refractivity contribution < 1.29 is 27.8 Å². The summed E-state index contributed by atoms with van der Waals surface area (Å²) in [6.45, 7) is 0.387. The molecule has 1 fully saturated rings. The molecule has 1 N–H and O–H groups in total. The zero-order valence-electron chi connectivity index (χ0n) is 22.1. The lowest BCUT2D eigenvalue weighted by Gasteiger charge is -2.28. The third-order valence-corrected chi connectivity index (χ3v) is 7.80. The van der Waals surface area contributed by atoms with Gasteiger partial charge < -0.3 is 14.4 Å². The summed E-state index contributed by atoms with van der Waals surface area (Å²) in [7, 11) is 0. The van der Waals surface area contributed by atoms with Gasteiger partial charge in [0.1, 0.15) is 18.2 Å². The molecule has 0 radical (unpaired) electrons. The van der Waals surface area contributed by atoms with Crippen molar-refractivity contribution in [3.8, 4) is 5.75 Å². The largest absolute Gasteiger partial charge is 0.487 e. The number of carbonyl (C=O) groups is 1. The second kappa shape index (κ2) is 10.9. The normalized spacial score (nSPS) is 17.6. The van der Waals surface area contributed by atoms with Crippen LogP contribution in [0.1, 0.15) is 54.2 Å². The lowest BCUT2D eigenvalue weighted by atomic mass is 9.78. The maximum Gasteiger partial charge on any atom is 0.416 e. The highest BCUT2D eigenvalue weighted by Crippen LogP contribution is 2.40.